The lowest BCUT2D eigenvalue weighted by Gasteiger charge is -2.06. The summed E-state index contributed by atoms with van der Waals surface area (Å²) in [6, 6.07) is 4.83. The predicted octanol–water partition coefficient (Wildman–Crippen LogP) is 3.45. The molecule has 98 valence electrons. The van der Waals surface area contributed by atoms with E-state index in [4.69, 9.17) is 0 Å². The molecule has 19 heavy (non-hydrogen) atoms. The summed E-state index contributed by atoms with van der Waals surface area (Å²) in [5, 5.41) is 11.5. The Kier molecular flexibility index (Phi) is 2.81. The highest BCUT2D eigenvalue weighted by Gasteiger charge is 2.28. The third-order valence-corrected chi connectivity index (χ3v) is 3.87. The van der Waals surface area contributed by atoms with Gasteiger partial charge in [0.25, 0.3) is 5.69 Å². The Morgan fingerprint density at radius 2 is 2.05 bits per heavy atom. The molecule has 0 spiro atoms. The number of fused-ring (bicyclic) bond motifs is 1. The topological polar surface area (TPSA) is 76.0 Å². The molecule has 0 atom stereocenters. The number of hydrogen-bond acceptors (Lipinski definition) is 3. The second-order valence-electron chi connectivity index (χ2n) is 5.00. The number of benzene rings is 1. The highest BCUT2D eigenvalue weighted by molar-refractivity contribution is 6.11. The van der Waals surface area contributed by atoms with Crippen LogP contribution in [0.25, 0.3) is 10.9 Å². The maximum absolute atomic E-state index is 12.5. The molecule has 0 bridgehead atoms. The van der Waals surface area contributed by atoms with E-state index in [1.807, 2.05) is 0 Å². The molecule has 5 heteroatoms. The summed E-state index contributed by atoms with van der Waals surface area (Å²) in [7, 11) is 0. The summed E-state index contributed by atoms with van der Waals surface area (Å²) in [5.41, 5.74) is 1.12. The number of hydrogen-bond donors (Lipinski definition) is 1. The first-order valence-electron chi connectivity index (χ1n) is 6.47. The summed E-state index contributed by atoms with van der Waals surface area (Å²) in [6.45, 7) is 0. The summed E-state index contributed by atoms with van der Waals surface area (Å²) >= 11 is 0. The zero-order valence-corrected chi connectivity index (χ0v) is 10.4. The number of H-pyrrole nitrogens is 1. The smallest absolute Gasteiger partial charge is 0.279 e. The van der Waals surface area contributed by atoms with E-state index in [1.165, 1.54) is 6.07 Å². The molecule has 3 rings (SSSR count). The van der Waals surface area contributed by atoms with Crippen molar-refractivity contribution < 1.29 is 9.72 Å². The lowest BCUT2D eigenvalue weighted by Crippen LogP contribution is -2.10. The van der Waals surface area contributed by atoms with Gasteiger partial charge in [-0.15, -0.1) is 0 Å². The molecule has 5 nitrogen and oxygen atoms in total. The van der Waals surface area contributed by atoms with Crippen molar-refractivity contribution in [2.24, 2.45) is 5.92 Å². The summed E-state index contributed by atoms with van der Waals surface area (Å²) in [5.74, 6) is 0.0665. The average molecular weight is 258 g/mol. The Labute approximate surface area is 109 Å². The fourth-order valence-electron chi connectivity index (χ4n) is 2.92. The van der Waals surface area contributed by atoms with E-state index in [-0.39, 0.29) is 17.4 Å². The maximum atomic E-state index is 12.5. The molecule has 1 saturated carbocycles. The van der Waals surface area contributed by atoms with Crippen LogP contribution in [0.15, 0.2) is 24.4 Å². The Hall–Kier alpha value is -2.17. The van der Waals surface area contributed by atoms with Crippen LogP contribution in [0.3, 0.4) is 0 Å². The van der Waals surface area contributed by atoms with Gasteiger partial charge in [0.05, 0.1) is 21.4 Å². The number of nitrogens with one attached hydrogen (secondary N) is 1. The molecule has 1 fully saturated rings. The first kappa shape index (κ1) is 11.9. The van der Waals surface area contributed by atoms with E-state index in [0.29, 0.717) is 16.5 Å². The molecule has 0 aliphatic heterocycles. The van der Waals surface area contributed by atoms with Crippen molar-refractivity contribution in [1.29, 1.82) is 0 Å². The molecule has 0 unspecified atom stereocenters. The van der Waals surface area contributed by atoms with Crippen LogP contribution in [0, 0.1) is 16.0 Å². The number of nitrogens with zero attached hydrogens (tertiary/aromatic N) is 1. The molecule has 0 amide bonds. The number of Topliss-reactive ketones (excluding diaryl/α,β-unsaturated/α-hetero) is 1. The molecular formula is C14H14N2O3. The monoisotopic (exact) mass is 258 g/mol. The van der Waals surface area contributed by atoms with Crippen LogP contribution in [0.1, 0.15) is 36.0 Å². The molecule has 1 aromatic carbocycles. The summed E-state index contributed by atoms with van der Waals surface area (Å²) < 4.78 is 0. The van der Waals surface area contributed by atoms with E-state index in [9.17, 15) is 14.9 Å². The zero-order valence-electron chi connectivity index (χ0n) is 10.4. The van der Waals surface area contributed by atoms with Crippen molar-refractivity contribution in [3.05, 3.63) is 40.1 Å². The standard InChI is InChI=1S/C14H14N2O3/c17-14(9-4-1-2-5-9)10-8-15-11-6-3-7-12(13(10)11)16(18)19/h3,6-9,15H,1-2,4-5H2. The number of carbonyl (C=O) groups is 1. The Morgan fingerprint density at radius 3 is 2.74 bits per heavy atom. The molecule has 1 N–H and O–H groups in total. The van der Waals surface area contributed by atoms with Crippen LogP contribution in [0.4, 0.5) is 5.69 Å². The molecule has 0 radical (unpaired) electrons. The van der Waals surface area contributed by atoms with Crippen LogP contribution in [0.2, 0.25) is 0 Å². The molecule has 0 saturated heterocycles. The number of aromatic amines is 1. The quantitative estimate of drug-likeness (QED) is 0.520. The third kappa shape index (κ3) is 1.91. The van der Waals surface area contributed by atoms with Crippen molar-refractivity contribution in [2.75, 3.05) is 0 Å². The average Bonchev–Trinajstić information content (AvgIpc) is 3.06. The number of carbonyl (C=O) groups excluding carboxylic acids is 1. The van der Waals surface area contributed by atoms with E-state index < -0.39 is 4.92 Å². The zero-order chi connectivity index (χ0) is 13.4. The predicted molar refractivity (Wildman–Crippen MR) is 71.2 cm³/mol. The normalized spacial score (nSPS) is 16.0. The molecule has 1 aromatic heterocycles. The minimum atomic E-state index is -0.429. The van der Waals surface area contributed by atoms with Gasteiger partial charge in [0.2, 0.25) is 0 Å². The molecule has 1 aliphatic rings. The number of ketones is 1. The van der Waals surface area contributed by atoms with Gasteiger partial charge in [-0.05, 0) is 18.9 Å². The molecule has 1 heterocycles. The van der Waals surface area contributed by atoms with Gasteiger partial charge in [-0.1, -0.05) is 18.9 Å². The van der Waals surface area contributed by atoms with Gasteiger partial charge in [0.1, 0.15) is 0 Å². The second-order valence-corrected chi connectivity index (χ2v) is 5.00. The van der Waals surface area contributed by atoms with E-state index >= 15 is 0 Å². The number of aromatic nitrogens is 1. The fourth-order valence-corrected chi connectivity index (χ4v) is 2.92. The lowest BCUT2D eigenvalue weighted by atomic mass is 9.95. The highest BCUT2D eigenvalue weighted by Crippen LogP contribution is 2.34. The molecular weight excluding hydrogens is 244 g/mol. The number of non-ortho nitro benzene ring substituents is 1. The minimum absolute atomic E-state index is 0.0000898. The van der Waals surface area contributed by atoms with E-state index in [2.05, 4.69) is 4.98 Å². The van der Waals surface area contributed by atoms with Gasteiger partial charge in [0, 0.05) is 18.2 Å². The SMILES string of the molecule is O=C(c1c[nH]c2cccc([N+](=O)[O-])c12)C1CCCC1. The van der Waals surface area contributed by atoms with Gasteiger partial charge in [0.15, 0.2) is 5.78 Å². The van der Waals surface area contributed by atoms with Crippen LogP contribution >= 0.6 is 0 Å². The van der Waals surface area contributed by atoms with Gasteiger partial charge in [-0.2, -0.15) is 0 Å². The number of nitro benzene ring substituents is 1. The second kappa shape index (κ2) is 4.50. The largest absolute Gasteiger partial charge is 0.360 e. The molecule has 1 aliphatic carbocycles. The molecule has 2 aromatic rings. The van der Waals surface area contributed by atoms with Gasteiger partial charge >= 0.3 is 0 Å². The van der Waals surface area contributed by atoms with E-state index in [1.54, 1.807) is 18.3 Å². The van der Waals surface area contributed by atoms with Crippen molar-refractivity contribution in [3.8, 4) is 0 Å². The summed E-state index contributed by atoms with van der Waals surface area (Å²) in [4.78, 5) is 26.1. The Bertz CT molecular complexity index is 654. The Morgan fingerprint density at radius 1 is 1.32 bits per heavy atom. The van der Waals surface area contributed by atoms with Crippen molar-refractivity contribution in [3.63, 3.8) is 0 Å². The maximum Gasteiger partial charge on any atom is 0.279 e. The first-order valence-corrected chi connectivity index (χ1v) is 6.47. The van der Waals surface area contributed by atoms with Gasteiger partial charge in [-0.25, -0.2) is 0 Å². The highest BCUT2D eigenvalue weighted by atomic mass is 16.6. The first-order chi connectivity index (χ1) is 9.18. The van der Waals surface area contributed by atoms with Crippen LogP contribution in [-0.4, -0.2) is 15.7 Å². The Balaban J connectivity index is 2.13. The van der Waals surface area contributed by atoms with E-state index in [0.717, 1.165) is 25.7 Å². The van der Waals surface area contributed by atoms with Crippen LogP contribution in [0.5, 0.6) is 0 Å². The number of nitro groups is 1. The fraction of sp³-hybridized carbons (Fsp3) is 0.357. The summed E-state index contributed by atoms with van der Waals surface area (Å²) in [6.07, 6.45) is 5.54. The van der Waals surface area contributed by atoms with Gasteiger partial charge < -0.3 is 4.98 Å². The van der Waals surface area contributed by atoms with Crippen LogP contribution in [-0.2, 0) is 0 Å². The van der Waals surface area contributed by atoms with Crippen molar-refractivity contribution >= 4 is 22.4 Å². The minimum Gasteiger partial charge on any atom is -0.360 e. The lowest BCUT2D eigenvalue weighted by molar-refractivity contribution is -0.383. The van der Waals surface area contributed by atoms with Crippen molar-refractivity contribution in [1.82, 2.24) is 4.98 Å². The van der Waals surface area contributed by atoms with Crippen molar-refractivity contribution in [2.45, 2.75) is 25.7 Å². The van der Waals surface area contributed by atoms with Gasteiger partial charge in [-0.3, -0.25) is 14.9 Å². The number of rotatable bonds is 3. The third-order valence-electron chi connectivity index (χ3n) is 3.87. The van der Waals surface area contributed by atoms with Crippen LogP contribution < -0.4 is 0 Å².